The highest BCUT2D eigenvalue weighted by Crippen LogP contribution is 2.37. The zero-order valence-corrected chi connectivity index (χ0v) is 18.1. The number of hydrogen-bond donors (Lipinski definition) is 2. The van der Waals surface area contributed by atoms with Gasteiger partial charge in [-0.15, -0.1) is 0 Å². The number of quaternary nitrogens is 1. The van der Waals surface area contributed by atoms with Crippen molar-refractivity contribution in [3.63, 3.8) is 0 Å². The number of pyridine rings is 1. The molecule has 29 heavy (non-hydrogen) atoms. The number of aromatic nitrogens is 3. The van der Waals surface area contributed by atoms with Crippen molar-refractivity contribution >= 4 is 28.0 Å². The monoisotopic (exact) mass is 396 g/mol. The second-order valence-electron chi connectivity index (χ2n) is 8.14. The van der Waals surface area contributed by atoms with Crippen LogP contribution in [0.1, 0.15) is 63.3 Å². The van der Waals surface area contributed by atoms with E-state index in [1.807, 2.05) is 0 Å². The maximum Gasteiger partial charge on any atom is 0.229 e. The Morgan fingerprint density at radius 2 is 1.86 bits per heavy atom. The molecule has 2 N–H and O–H groups in total. The van der Waals surface area contributed by atoms with Gasteiger partial charge in [-0.3, -0.25) is 0 Å². The Morgan fingerprint density at radius 3 is 2.62 bits per heavy atom. The first kappa shape index (κ1) is 20.1. The van der Waals surface area contributed by atoms with Gasteiger partial charge in [-0.05, 0) is 57.1 Å². The zero-order valence-electron chi connectivity index (χ0n) is 18.1. The Bertz CT molecular complexity index is 976. The summed E-state index contributed by atoms with van der Waals surface area (Å²) in [6.45, 7) is 11.1. The van der Waals surface area contributed by atoms with Crippen LogP contribution in [0, 0.1) is 0 Å². The number of aryl methyl sites for hydroxylation is 2. The van der Waals surface area contributed by atoms with E-state index in [2.05, 4.69) is 36.1 Å². The van der Waals surface area contributed by atoms with Gasteiger partial charge in [0.2, 0.25) is 5.71 Å². The van der Waals surface area contributed by atoms with Crippen molar-refractivity contribution in [2.75, 3.05) is 31.5 Å². The average Bonchev–Trinajstić information content (AvgIpc) is 3.13. The Morgan fingerprint density at radius 1 is 1.07 bits per heavy atom. The van der Waals surface area contributed by atoms with Crippen molar-refractivity contribution in [2.45, 2.75) is 65.7 Å². The summed E-state index contributed by atoms with van der Waals surface area (Å²) in [5.74, 6) is 0.796. The largest absolute Gasteiger partial charge is 0.432 e. The lowest BCUT2D eigenvalue weighted by Gasteiger charge is -2.19. The van der Waals surface area contributed by atoms with E-state index in [0.717, 1.165) is 66.7 Å². The molecule has 1 aliphatic rings. The molecule has 0 aliphatic heterocycles. The standard InChI is InChI=1S/C23H33N5O/c1-4-10-18-16-11-7-8-12-17(16)19-20-21(29-23(19)27-18)22(26-15-25-20)24-13-9-14-28(5-2)6-3/h15H,4-14H2,1-3H3,(H,24,25,26)/p+1. The van der Waals surface area contributed by atoms with E-state index in [9.17, 15) is 0 Å². The lowest BCUT2D eigenvalue weighted by atomic mass is 9.88. The van der Waals surface area contributed by atoms with Crippen LogP contribution in [0.25, 0.3) is 22.2 Å². The first-order valence-corrected chi connectivity index (χ1v) is 11.4. The van der Waals surface area contributed by atoms with Gasteiger partial charge >= 0.3 is 0 Å². The van der Waals surface area contributed by atoms with Crippen LogP contribution >= 0.6 is 0 Å². The summed E-state index contributed by atoms with van der Waals surface area (Å²) in [7, 11) is 0. The first-order valence-electron chi connectivity index (χ1n) is 11.4. The van der Waals surface area contributed by atoms with Crippen LogP contribution in [0.3, 0.4) is 0 Å². The number of fused-ring (bicyclic) bond motifs is 5. The molecule has 156 valence electrons. The maximum atomic E-state index is 6.25. The molecular formula is C23H34N5O+. The molecule has 0 bridgehead atoms. The van der Waals surface area contributed by atoms with Crippen molar-refractivity contribution < 1.29 is 9.32 Å². The summed E-state index contributed by atoms with van der Waals surface area (Å²) < 4.78 is 6.25. The van der Waals surface area contributed by atoms with E-state index >= 15 is 0 Å². The van der Waals surface area contributed by atoms with E-state index < -0.39 is 0 Å². The highest BCUT2D eigenvalue weighted by atomic mass is 16.3. The molecule has 6 heteroatoms. The van der Waals surface area contributed by atoms with E-state index in [0.29, 0.717) is 0 Å². The number of hydrogen-bond acceptors (Lipinski definition) is 5. The van der Waals surface area contributed by atoms with Crippen molar-refractivity contribution in [3.8, 4) is 0 Å². The number of furan rings is 1. The Hall–Kier alpha value is -2.21. The molecular weight excluding hydrogens is 362 g/mol. The third kappa shape index (κ3) is 3.95. The minimum Gasteiger partial charge on any atom is -0.432 e. The molecule has 6 nitrogen and oxygen atoms in total. The summed E-state index contributed by atoms with van der Waals surface area (Å²) >= 11 is 0. The van der Waals surface area contributed by atoms with E-state index in [-0.39, 0.29) is 0 Å². The van der Waals surface area contributed by atoms with Gasteiger partial charge in [-0.2, -0.15) is 0 Å². The highest BCUT2D eigenvalue weighted by Gasteiger charge is 2.24. The number of nitrogens with zero attached hydrogens (tertiary/aromatic N) is 3. The molecule has 0 fully saturated rings. The lowest BCUT2D eigenvalue weighted by molar-refractivity contribution is -0.896. The van der Waals surface area contributed by atoms with Crippen molar-refractivity contribution in [2.24, 2.45) is 0 Å². The molecule has 3 heterocycles. The molecule has 0 spiro atoms. The number of rotatable bonds is 9. The molecule has 0 aromatic carbocycles. The van der Waals surface area contributed by atoms with E-state index in [1.54, 1.807) is 11.2 Å². The molecule has 0 amide bonds. The molecule has 0 atom stereocenters. The van der Waals surface area contributed by atoms with Gasteiger partial charge in [0, 0.05) is 18.7 Å². The minimum atomic E-state index is 0.736. The predicted octanol–water partition coefficient (Wildman–Crippen LogP) is 3.33. The fourth-order valence-electron chi connectivity index (χ4n) is 4.66. The topological polar surface area (TPSA) is 68.3 Å². The number of anilines is 1. The van der Waals surface area contributed by atoms with Gasteiger partial charge in [0.1, 0.15) is 11.8 Å². The quantitative estimate of drug-likeness (QED) is 0.543. The Kier molecular flexibility index (Phi) is 6.28. The normalized spacial score (nSPS) is 14.1. The molecule has 0 saturated heterocycles. The van der Waals surface area contributed by atoms with Crippen molar-refractivity contribution in [3.05, 3.63) is 23.1 Å². The predicted molar refractivity (Wildman–Crippen MR) is 118 cm³/mol. The fourth-order valence-corrected chi connectivity index (χ4v) is 4.66. The maximum absolute atomic E-state index is 6.25. The summed E-state index contributed by atoms with van der Waals surface area (Å²) in [6, 6.07) is 0. The first-order chi connectivity index (χ1) is 14.3. The summed E-state index contributed by atoms with van der Waals surface area (Å²) in [6.07, 6.45) is 9.59. The average molecular weight is 397 g/mol. The molecule has 0 unspecified atom stereocenters. The second-order valence-corrected chi connectivity index (χ2v) is 8.14. The molecule has 0 radical (unpaired) electrons. The van der Waals surface area contributed by atoms with Crippen LogP contribution in [-0.2, 0) is 19.3 Å². The van der Waals surface area contributed by atoms with Gasteiger partial charge in [-0.25, -0.2) is 15.0 Å². The third-order valence-electron chi connectivity index (χ3n) is 6.29. The fraction of sp³-hybridized carbons (Fsp3) is 0.609. The summed E-state index contributed by atoms with van der Waals surface area (Å²) in [4.78, 5) is 15.6. The molecule has 3 aromatic heterocycles. The summed E-state index contributed by atoms with van der Waals surface area (Å²) in [5, 5.41) is 4.60. The third-order valence-corrected chi connectivity index (χ3v) is 6.29. The number of nitrogens with one attached hydrogen (secondary N) is 2. The van der Waals surface area contributed by atoms with Crippen LogP contribution in [0.4, 0.5) is 5.82 Å². The van der Waals surface area contributed by atoms with Gasteiger partial charge in [0.15, 0.2) is 11.4 Å². The van der Waals surface area contributed by atoms with Gasteiger partial charge in [-0.1, -0.05) is 13.3 Å². The van der Waals surface area contributed by atoms with E-state index in [4.69, 9.17) is 9.40 Å². The Labute approximate surface area is 173 Å². The SMILES string of the molecule is CCCc1nc2oc3c(NCCC[NH+](CC)CC)ncnc3c2c2c1CCCC2. The molecule has 0 saturated carbocycles. The van der Waals surface area contributed by atoms with Crippen LogP contribution in [-0.4, -0.2) is 41.1 Å². The highest BCUT2D eigenvalue weighted by molar-refractivity contribution is 6.06. The van der Waals surface area contributed by atoms with Gasteiger partial charge < -0.3 is 14.6 Å². The molecule has 4 rings (SSSR count). The van der Waals surface area contributed by atoms with Crippen molar-refractivity contribution in [1.29, 1.82) is 0 Å². The lowest BCUT2D eigenvalue weighted by Crippen LogP contribution is -3.11. The van der Waals surface area contributed by atoms with Gasteiger partial charge in [0.05, 0.1) is 25.0 Å². The minimum absolute atomic E-state index is 0.736. The second kappa shape index (κ2) is 9.08. The van der Waals surface area contributed by atoms with Crippen molar-refractivity contribution in [1.82, 2.24) is 15.0 Å². The Balaban J connectivity index is 1.67. The van der Waals surface area contributed by atoms with Crippen LogP contribution in [0.5, 0.6) is 0 Å². The van der Waals surface area contributed by atoms with Crippen LogP contribution in [0.15, 0.2) is 10.7 Å². The smallest absolute Gasteiger partial charge is 0.229 e. The van der Waals surface area contributed by atoms with E-state index in [1.165, 1.54) is 49.3 Å². The molecule has 1 aliphatic carbocycles. The molecule has 3 aromatic rings. The van der Waals surface area contributed by atoms with Crippen LogP contribution < -0.4 is 10.2 Å². The summed E-state index contributed by atoms with van der Waals surface area (Å²) in [5.41, 5.74) is 6.49. The zero-order chi connectivity index (χ0) is 20.2. The van der Waals surface area contributed by atoms with Gasteiger partial charge in [0.25, 0.3) is 0 Å². The van der Waals surface area contributed by atoms with Crippen LogP contribution in [0.2, 0.25) is 0 Å².